The number of aromatic nitrogens is 2. The summed E-state index contributed by atoms with van der Waals surface area (Å²) >= 11 is 6.00. The van der Waals surface area contributed by atoms with E-state index in [0.717, 1.165) is 28.6 Å². The molecule has 0 aliphatic heterocycles. The molecule has 110 valence electrons. The first-order valence-electron chi connectivity index (χ1n) is 7.36. The molecule has 1 aliphatic carbocycles. The highest BCUT2D eigenvalue weighted by atomic mass is 35.5. The molecule has 1 aliphatic rings. The number of halogens is 1. The number of rotatable bonds is 6. The lowest BCUT2D eigenvalue weighted by Crippen LogP contribution is -2.08. The summed E-state index contributed by atoms with van der Waals surface area (Å²) in [6.07, 6.45) is 2.46. The second-order valence-electron chi connectivity index (χ2n) is 5.29. The predicted molar refractivity (Wildman–Crippen MR) is 86.9 cm³/mol. The van der Waals surface area contributed by atoms with Crippen molar-refractivity contribution in [2.45, 2.75) is 32.2 Å². The molecule has 0 saturated heterocycles. The van der Waals surface area contributed by atoms with Crippen LogP contribution in [0.4, 0.5) is 11.8 Å². The zero-order valence-corrected chi connectivity index (χ0v) is 12.8. The number of benzene rings is 1. The maximum absolute atomic E-state index is 6.00. The van der Waals surface area contributed by atoms with Crippen LogP contribution in [0.3, 0.4) is 0 Å². The molecule has 0 atom stereocenters. The normalized spacial score (nSPS) is 14.0. The summed E-state index contributed by atoms with van der Waals surface area (Å²) in [4.78, 5) is 9.08. The molecule has 1 aromatic carbocycles. The van der Waals surface area contributed by atoms with Crippen molar-refractivity contribution in [3.05, 3.63) is 46.6 Å². The molecule has 1 heterocycles. The van der Waals surface area contributed by atoms with Gasteiger partial charge in [-0.25, -0.2) is 4.98 Å². The number of nitrogens with zero attached hydrogens (tertiary/aromatic N) is 2. The Morgan fingerprint density at radius 1 is 1.19 bits per heavy atom. The largest absolute Gasteiger partial charge is 0.366 e. The maximum Gasteiger partial charge on any atom is 0.224 e. The summed E-state index contributed by atoms with van der Waals surface area (Å²) in [7, 11) is 0. The third kappa shape index (κ3) is 3.85. The van der Waals surface area contributed by atoms with Gasteiger partial charge in [0.1, 0.15) is 5.82 Å². The Morgan fingerprint density at radius 2 is 2.05 bits per heavy atom. The van der Waals surface area contributed by atoms with E-state index in [1.54, 1.807) is 0 Å². The molecule has 21 heavy (non-hydrogen) atoms. The highest BCUT2D eigenvalue weighted by molar-refractivity contribution is 6.30. The minimum atomic E-state index is 0.608. The lowest BCUT2D eigenvalue weighted by Gasteiger charge is -2.10. The predicted octanol–water partition coefficient (Wildman–Crippen LogP) is 4.05. The van der Waals surface area contributed by atoms with Crippen molar-refractivity contribution in [1.82, 2.24) is 9.97 Å². The Hall–Kier alpha value is -1.81. The van der Waals surface area contributed by atoms with Gasteiger partial charge in [-0.15, -0.1) is 0 Å². The van der Waals surface area contributed by atoms with Crippen molar-refractivity contribution < 1.29 is 0 Å². The van der Waals surface area contributed by atoms with E-state index in [1.807, 2.05) is 31.2 Å². The van der Waals surface area contributed by atoms with Gasteiger partial charge in [-0.3, -0.25) is 0 Å². The second-order valence-corrected chi connectivity index (χ2v) is 5.73. The average Bonchev–Trinajstić information content (AvgIpc) is 3.30. The van der Waals surface area contributed by atoms with Gasteiger partial charge < -0.3 is 10.6 Å². The van der Waals surface area contributed by atoms with Crippen LogP contribution < -0.4 is 10.6 Å². The molecule has 5 heteroatoms. The molecule has 1 saturated carbocycles. The summed E-state index contributed by atoms with van der Waals surface area (Å²) in [5.41, 5.74) is 2.27. The molecule has 0 amide bonds. The minimum absolute atomic E-state index is 0.608. The molecule has 0 unspecified atom stereocenters. The summed E-state index contributed by atoms with van der Waals surface area (Å²) in [5, 5.41) is 7.31. The van der Waals surface area contributed by atoms with Crippen LogP contribution in [0, 0.1) is 0 Å². The van der Waals surface area contributed by atoms with Gasteiger partial charge in [0.05, 0.1) is 5.69 Å². The highest BCUT2D eigenvalue weighted by Crippen LogP contribution is 2.39. The van der Waals surface area contributed by atoms with E-state index in [4.69, 9.17) is 11.6 Å². The van der Waals surface area contributed by atoms with Crippen LogP contribution in [0.1, 0.15) is 36.9 Å². The van der Waals surface area contributed by atoms with Crippen LogP contribution in [-0.2, 0) is 6.54 Å². The van der Waals surface area contributed by atoms with Crippen molar-refractivity contribution in [3.8, 4) is 0 Å². The molecule has 4 nitrogen and oxygen atoms in total. The van der Waals surface area contributed by atoms with Crippen LogP contribution in [0.25, 0.3) is 0 Å². The third-order valence-electron chi connectivity index (χ3n) is 3.44. The summed E-state index contributed by atoms with van der Waals surface area (Å²) in [6, 6.07) is 9.90. The van der Waals surface area contributed by atoms with E-state index in [1.165, 1.54) is 12.8 Å². The van der Waals surface area contributed by atoms with E-state index in [2.05, 4.69) is 26.7 Å². The first kappa shape index (κ1) is 14.1. The molecular formula is C16H19ClN4. The molecule has 1 fully saturated rings. The fourth-order valence-corrected chi connectivity index (χ4v) is 2.43. The van der Waals surface area contributed by atoms with Crippen LogP contribution in [0.2, 0.25) is 5.02 Å². The molecule has 0 bridgehead atoms. The van der Waals surface area contributed by atoms with Gasteiger partial charge in [0, 0.05) is 30.1 Å². The van der Waals surface area contributed by atoms with Crippen LogP contribution in [-0.4, -0.2) is 16.5 Å². The van der Waals surface area contributed by atoms with Gasteiger partial charge in [-0.05, 0) is 37.5 Å². The standard InChI is InChI=1S/C16H19ClN4/c1-2-18-16-20-14(12-6-7-12)9-15(21-16)19-10-11-4-3-5-13(17)8-11/h3-5,8-9,12H,2,6-7,10H2,1H3,(H2,18,19,20,21). The van der Waals surface area contributed by atoms with Gasteiger partial charge in [-0.2, -0.15) is 4.98 Å². The van der Waals surface area contributed by atoms with E-state index >= 15 is 0 Å². The fraction of sp³-hybridized carbons (Fsp3) is 0.375. The van der Waals surface area contributed by atoms with Crippen molar-refractivity contribution in [2.24, 2.45) is 0 Å². The maximum atomic E-state index is 6.00. The molecule has 2 aromatic rings. The Bertz CT molecular complexity index is 625. The number of hydrogen-bond acceptors (Lipinski definition) is 4. The van der Waals surface area contributed by atoms with Gasteiger partial charge in [0.2, 0.25) is 5.95 Å². The molecule has 1 aromatic heterocycles. The van der Waals surface area contributed by atoms with Crippen LogP contribution in [0.15, 0.2) is 30.3 Å². The van der Waals surface area contributed by atoms with Crippen molar-refractivity contribution in [2.75, 3.05) is 17.2 Å². The van der Waals surface area contributed by atoms with Crippen molar-refractivity contribution in [1.29, 1.82) is 0 Å². The molecule has 3 rings (SSSR count). The van der Waals surface area contributed by atoms with Gasteiger partial charge in [0.25, 0.3) is 0 Å². The first-order valence-corrected chi connectivity index (χ1v) is 7.73. The van der Waals surface area contributed by atoms with E-state index < -0.39 is 0 Å². The lowest BCUT2D eigenvalue weighted by molar-refractivity contribution is 0.967. The van der Waals surface area contributed by atoms with Gasteiger partial charge in [0.15, 0.2) is 0 Å². The number of hydrogen-bond donors (Lipinski definition) is 2. The van der Waals surface area contributed by atoms with Gasteiger partial charge in [-0.1, -0.05) is 23.7 Å². The Labute approximate surface area is 130 Å². The minimum Gasteiger partial charge on any atom is -0.366 e. The average molecular weight is 303 g/mol. The zero-order valence-electron chi connectivity index (χ0n) is 12.1. The zero-order chi connectivity index (χ0) is 14.7. The van der Waals surface area contributed by atoms with Gasteiger partial charge >= 0.3 is 0 Å². The summed E-state index contributed by atoms with van der Waals surface area (Å²) in [5.74, 6) is 2.18. The number of anilines is 2. The lowest BCUT2D eigenvalue weighted by atomic mass is 10.2. The van der Waals surface area contributed by atoms with E-state index in [0.29, 0.717) is 18.4 Å². The van der Waals surface area contributed by atoms with Crippen LogP contribution in [0.5, 0.6) is 0 Å². The smallest absolute Gasteiger partial charge is 0.224 e. The third-order valence-corrected chi connectivity index (χ3v) is 3.67. The molecule has 2 N–H and O–H groups in total. The first-order chi connectivity index (χ1) is 10.2. The Kier molecular flexibility index (Phi) is 4.25. The topological polar surface area (TPSA) is 49.8 Å². The van der Waals surface area contributed by atoms with E-state index in [-0.39, 0.29) is 0 Å². The fourth-order valence-electron chi connectivity index (χ4n) is 2.22. The van der Waals surface area contributed by atoms with Crippen LogP contribution >= 0.6 is 11.6 Å². The quantitative estimate of drug-likeness (QED) is 0.845. The number of nitrogens with one attached hydrogen (secondary N) is 2. The Balaban J connectivity index is 1.74. The van der Waals surface area contributed by atoms with Crippen molar-refractivity contribution >= 4 is 23.4 Å². The van der Waals surface area contributed by atoms with E-state index in [9.17, 15) is 0 Å². The summed E-state index contributed by atoms with van der Waals surface area (Å²) in [6.45, 7) is 3.57. The van der Waals surface area contributed by atoms with Crippen molar-refractivity contribution in [3.63, 3.8) is 0 Å². The molecular weight excluding hydrogens is 284 g/mol. The summed E-state index contributed by atoms with van der Waals surface area (Å²) < 4.78 is 0. The second kappa shape index (κ2) is 6.31. The molecule has 0 spiro atoms. The highest BCUT2D eigenvalue weighted by Gasteiger charge is 2.26. The monoisotopic (exact) mass is 302 g/mol. The Morgan fingerprint density at radius 3 is 2.76 bits per heavy atom. The SMILES string of the molecule is CCNc1nc(NCc2cccc(Cl)c2)cc(C2CC2)n1. The molecule has 0 radical (unpaired) electrons.